The van der Waals surface area contributed by atoms with E-state index in [0.29, 0.717) is 11.5 Å². The van der Waals surface area contributed by atoms with Crippen molar-refractivity contribution in [3.05, 3.63) is 47.5 Å². The number of hydrogen-bond donors (Lipinski definition) is 0. The van der Waals surface area contributed by atoms with Crippen LogP contribution in [0.2, 0.25) is 0 Å². The summed E-state index contributed by atoms with van der Waals surface area (Å²) in [5.41, 5.74) is 1.52. The Morgan fingerprint density at radius 3 is 1.91 bits per heavy atom. The van der Waals surface area contributed by atoms with Crippen molar-refractivity contribution in [3.63, 3.8) is 0 Å². The predicted octanol–water partition coefficient (Wildman–Crippen LogP) is 5.29. The van der Waals surface area contributed by atoms with Gasteiger partial charge in [-0.25, -0.2) is 0 Å². The lowest BCUT2D eigenvalue weighted by molar-refractivity contribution is -0.114. The number of carbonyl (C=O) groups is 1. The molecule has 0 aliphatic rings. The van der Waals surface area contributed by atoms with E-state index in [1.165, 1.54) is 0 Å². The second-order valence-corrected chi connectivity index (χ2v) is 8.76. The number of ether oxygens (including phenoxy) is 4. The van der Waals surface area contributed by atoms with Crippen molar-refractivity contribution in [2.75, 3.05) is 42.0 Å². The summed E-state index contributed by atoms with van der Waals surface area (Å²) in [4.78, 5) is 14.8. The summed E-state index contributed by atoms with van der Waals surface area (Å²) >= 11 is 0. The minimum atomic E-state index is -0.590. The Morgan fingerprint density at radius 1 is 0.848 bits per heavy atom. The van der Waals surface area contributed by atoms with E-state index < -0.39 is 5.41 Å². The van der Waals surface area contributed by atoms with Crippen molar-refractivity contribution in [2.24, 2.45) is 5.92 Å². The molecule has 0 aliphatic heterocycles. The van der Waals surface area contributed by atoms with Crippen LogP contribution in [-0.4, -0.2) is 53.2 Å². The summed E-state index contributed by atoms with van der Waals surface area (Å²) in [5, 5.41) is 0. The third-order valence-corrected chi connectivity index (χ3v) is 6.81. The van der Waals surface area contributed by atoms with Crippen LogP contribution in [0.3, 0.4) is 0 Å². The van der Waals surface area contributed by atoms with Crippen molar-refractivity contribution in [2.45, 2.75) is 45.1 Å². The van der Waals surface area contributed by atoms with Gasteiger partial charge in [0.05, 0.1) is 33.9 Å². The maximum Gasteiger partial charge on any atom is 0.161 e. The van der Waals surface area contributed by atoms with Gasteiger partial charge in [0.2, 0.25) is 0 Å². The van der Waals surface area contributed by atoms with Crippen LogP contribution in [0.25, 0.3) is 0 Å². The zero-order chi connectivity index (χ0) is 24.6. The van der Waals surface area contributed by atoms with Crippen molar-refractivity contribution >= 4 is 6.29 Å². The highest BCUT2D eigenvalue weighted by Gasteiger charge is 2.36. The van der Waals surface area contributed by atoms with Crippen molar-refractivity contribution < 1.29 is 23.7 Å². The minimum Gasteiger partial charge on any atom is -0.493 e. The lowest BCUT2D eigenvalue weighted by Crippen LogP contribution is -2.35. The van der Waals surface area contributed by atoms with E-state index in [9.17, 15) is 4.79 Å². The van der Waals surface area contributed by atoms with Gasteiger partial charge in [0.15, 0.2) is 23.0 Å². The van der Waals surface area contributed by atoms with Crippen molar-refractivity contribution in [3.8, 4) is 23.0 Å². The van der Waals surface area contributed by atoms with Crippen LogP contribution in [0.5, 0.6) is 23.0 Å². The first-order valence-electron chi connectivity index (χ1n) is 11.4. The lowest BCUT2D eigenvalue weighted by Gasteiger charge is -2.34. The van der Waals surface area contributed by atoms with E-state index in [1.54, 1.807) is 28.4 Å². The average molecular weight is 458 g/mol. The van der Waals surface area contributed by atoms with Crippen molar-refractivity contribution in [1.82, 2.24) is 4.90 Å². The first-order valence-corrected chi connectivity index (χ1v) is 11.4. The summed E-state index contributed by atoms with van der Waals surface area (Å²) in [7, 11) is 8.62. The fourth-order valence-corrected chi connectivity index (χ4v) is 4.34. The maximum atomic E-state index is 12.5. The number of methoxy groups -OCH3 is 4. The molecule has 0 amide bonds. The summed E-state index contributed by atoms with van der Waals surface area (Å²) in [6.07, 6.45) is 2.72. The van der Waals surface area contributed by atoms with Crippen LogP contribution in [0.4, 0.5) is 0 Å². The number of hydrogen-bond acceptors (Lipinski definition) is 6. The van der Waals surface area contributed by atoms with Gasteiger partial charge in [0.1, 0.15) is 6.29 Å². The molecule has 2 rings (SSSR count). The Morgan fingerprint density at radius 2 is 1.39 bits per heavy atom. The predicted molar refractivity (Wildman–Crippen MR) is 132 cm³/mol. The molecule has 0 N–H and O–H groups in total. The number of carbonyl (C=O) groups excluding carboxylic acids is 1. The van der Waals surface area contributed by atoms with E-state index in [4.69, 9.17) is 18.9 Å². The molecule has 2 unspecified atom stereocenters. The minimum absolute atomic E-state index is 0.140. The molecule has 2 aromatic rings. The Balaban J connectivity index is 2.16. The molecule has 0 radical (unpaired) electrons. The molecular weight excluding hydrogens is 418 g/mol. The van der Waals surface area contributed by atoms with Gasteiger partial charge in [0, 0.05) is 6.04 Å². The zero-order valence-electron chi connectivity index (χ0n) is 21.3. The number of benzene rings is 2. The molecule has 33 heavy (non-hydrogen) atoms. The van der Waals surface area contributed by atoms with E-state index in [1.807, 2.05) is 30.3 Å². The number of rotatable bonds is 13. The fourth-order valence-electron chi connectivity index (χ4n) is 4.34. The summed E-state index contributed by atoms with van der Waals surface area (Å²) in [6.45, 7) is 7.22. The third-order valence-electron chi connectivity index (χ3n) is 6.81. The molecule has 0 bridgehead atoms. The quantitative estimate of drug-likeness (QED) is 0.381. The first-order chi connectivity index (χ1) is 15.8. The topological polar surface area (TPSA) is 57.2 Å². The molecule has 0 saturated heterocycles. The number of nitrogens with zero attached hydrogens (tertiary/aromatic N) is 1. The maximum absolute atomic E-state index is 12.5. The number of aldehydes is 1. The van der Waals surface area contributed by atoms with Gasteiger partial charge >= 0.3 is 0 Å². The van der Waals surface area contributed by atoms with E-state index >= 15 is 0 Å². The second kappa shape index (κ2) is 11.9. The summed E-state index contributed by atoms with van der Waals surface area (Å²) in [5.74, 6) is 2.89. The van der Waals surface area contributed by atoms with E-state index in [2.05, 4.69) is 38.8 Å². The van der Waals surface area contributed by atoms with Crippen LogP contribution >= 0.6 is 0 Å². The highest BCUT2D eigenvalue weighted by atomic mass is 16.5. The SMILES string of the molecule is COc1ccc(C(C)N(C)CCCC(C=O)(c2ccc(OC)c(OC)c2)C(C)C)cc1OC. The third kappa shape index (κ3) is 5.80. The summed E-state index contributed by atoms with van der Waals surface area (Å²) < 4.78 is 21.7. The second-order valence-electron chi connectivity index (χ2n) is 8.76. The first kappa shape index (κ1) is 26.5. The lowest BCUT2D eigenvalue weighted by atomic mass is 9.69. The Bertz CT molecular complexity index is 913. The van der Waals surface area contributed by atoms with Gasteiger partial charge in [-0.3, -0.25) is 4.90 Å². The van der Waals surface area contributed by atoms with Gasteiger partial charge < -0.3 is 23.7 Å². The normalized spacial score (nSPS) is 14.0. The molecule has 0 aliphatic carbocycles. The van der Waals surface area contributed by atoms with Gasteiger partial charge in [0.25, 0.3) is 0 Å². The van der Waals surface area contributed by atoms with Crippen LogP contribution in [0, 0.1) is 5.92 Å². The molecule has 0 aromatic heterocycles. The smallest absolute Gasteiger partial charge is 0.161 e. The average Bonchev–Trinajstić information content (AvgIpc) is 2.84. The fraction of sp³-hybridized carbons (Fsp3) is 0.519. The molecule has 182 valence electrons. The van der Waals surface area contributed by atoms with Gasteiger partial charge in [-0.1, -0.05) is 26.0 Å². The highest BCUT2D eigenvalue weighted by Crippen LogP contribution is 2.40. The molecule has 0 fully saturated rings. The van der Waals surface area contributed by atoms with Crippen molar-refractivity contribution in [1.29, 1.82) is 0 Å². The van der Waals surface area contributed by atoms with Crippen LogP contribution in [0.15, 0.2) is 36.4 Å². The molecule has 6 nitrogen and oxygen atoms in total. The van der Waals surface area contributed by atoms with Gasteiger partial charge in [-0.2, -0.15) is 0 Å². The Hall–Kier alpha value is -2.73. The van der Waals surface area contributed by atoms with Crippen LogP contribution < -0.4 is 18.9 Å². The monoisotopic (exact) mass is 457 g/mol. The molecule has 0 heterocycles. The molecule has 2 aromatic carbocycles. The van der Waals surface area contributed by atoms with Crippen LogP contribution in [0.1, 0.15) is 50.8 Å². The molecule has 0 saturated carbocycles. The molecule has 0 spiro atoms. The Kier molecular flexibility index (Phi) is 9.59. The molecular formula is C27H39NO5. The van der Waals surface area contributed by atoms with Crippen LogP contribution in [-0.2, 0) is 10.2 Å². The van der Waals surface area contributed by atoms with Gasteiger partial charge in [-0.05, 0) is 74.7 Å². The highest BCUT2D eigenvalue weighted by molar-refractivity contribution is 5.70. The zero-order valence-corrected chi connectivity index (χ0v) is 21.3. The largest absolute Gasteiger partial charge is 0.493 e. The standard InChI is InChI=1S/C27H39NO5/c1-19(2)27(18-29,22-11-13-24(31-6)26(17-22)33-8)14-9-15-28(4)20(3)21-10-12-23(30-5)25(16-21)32-7/h10-13,16-20H,9,14-15H2,1-8H3. The van der Waals surface area contributed by atoms with E-state index in [0.717, 1.165) is 48.3 Å². The summed E-state index contributed by atoms with van der Waals surface area (Å²) in [6, 6.07) is 12.0. The Labute approximate surface area is 198 Å². The molecule has 2 atom stereocenters. The molecule has 6 heteroatoms. The van der Waals surface area contributed by atoms with Gasteiger partial charge in [-0.15, -0.1) is 0 Å². The van der Waals surface area contributed by atoms with E-state index in [-0.39, 0.29) is 12.0 Å².